The van der Waals surface area contributed by atoms with Crippen molar-refractivity contribution in [3.05, 3.63) is 106 Å². The molecule has 0 aliphatic carbocycles. The van der Waals surface area contributed by atoms with Gasteiger partial charge in [-0.3, -0.25) is 14.9 Å². The van der Waals surface area contributed by atoms with Crippen LogP contribution in [0.2, 0.25) is 0 Å². The van der Waals surface area contributed by atoms with Crippen LogP contribution < -0.4 is 4.74 Å². The fraction of sp³-hybridized carbons (Fsp3) is 0.130. The predicted octanol–water partition coefficient (Wildman–Crippen LogP) is 4.41. The Hall–Kier alpha value is -4.20. The number of carbonyl (C=O) groups is 1. The highest BCUT2D eigenvalue weighted by molar-refractivity contribution is 5.98. The van der Waals surface area contributed by atoms with Gasteiger partial charge in [-0.05, 0) is 23.8 Å². The molecular weight excluding hydrogens is 398 g/mol. The summed E-state index contributed by atoms with van der Waals surface area (Å²) in [5.41, 5.74) is 1.63. The van der Waals surface area contributed by atoms with Gasteiger partial charge in [0.2, 0.25) is 18.0 Å². The van der Waals surface area contributed by atoms with E-state index >= 15 is 0 Å². The van der Waals surface area contributed by atoms with Crippen LogP contribution in [0.1, 0.15) is 29.8 Å². The Morgan fingerprint density at radius 2 is 1.74 bits per heavy atom. The summed E-state index contributed by atoms with van der Waals surface area (Å²) in [5.74, 6) is 0.277. The molecule has 0 aromatic heterocycles. The van der Waals surface area contributed by atoms with E-state index in [4.69, 9.17) is 9.47 Å². The van der Waals surface area contributed by atoms with Crippen LogP contribution in [-0.4, -0.2) is 21.7 Å². The van der Waals surface area contributed by atoms with Gasteiger partial charge in [0.15, 0.2) is 0 Å². The summed E-state index contributed by atoms with van der Waals surface area (Å²) in [6, 6.07) is 23.0. The Labute approximate surface area is 178 Å². The molecule has 3 aromatic carbocycles. The summed E-state index contributed by atoms with van der Waals surface area (Å²) in [4.78, 5) is 23.2. The fourth-order valence-electron chi connectivity index (χ4n) is 3.24. The molecule has 1 heterocycles. The molecule has 1 unspecified atom stereocenters. The van der Waals surface area contributed by atoms with Crippen molar-refractivity contribution in [2.45, 2.75) is 19.8 Å². The maximum atomic E-state index is 12.2. The summed E-state index contributed by atoms with van der Waals surface area (Å²) in [6.45, 7) is 1.67. The van der Waals surface area contributed by atoms with Crippen molar-refractivity contribution in [3.63, 3.8) is 0 Å². The molecule has 0 N–H and O–H groups in total. The van der Waals surface area contributed by atoms with E-state index in [0.29, 0.717) is 17.9 Å². The van der Waals surface area contributed by atoms with E-state index in [9.17, 15) is 14.9 Å². The van der Waals surface area contributed by atoms with Gasteiger partial charge >= 0.3 is 0 Å². The van der Waals surface area contributed by atoms with Crippen LogP contribution in [-0.2, 0) is 16.1 Å². The molecule has 0 fully saturated rings. The topological polar surface area (TPSA) is 94.3 Å². The minimum Gasteiger partial charge on any atom is -0.488 e. The molecule has 0 bridgehead atoms. The lowest BCUT2D eigenvalue weighted by atomic mass is 10.1. The summed E-state index contributed by atoms with van der Waals surface area (Å²) < 4.78 is 11.9. The second-order valence-corrected chi connectivity index (χ2v) is 6.83. The number of carbonyl (C=O) groups excluding carboxylic acids is 1. The average Bonchev–Trinajstić information content (AvgIpc) is 3.24. The SMILES string of the molecule is CC(=O)N1N=C(c2ccccc2OCc2ccccc2)OC1c1ccccc1[N+](=O)[O-]. The zero-order valence-corrected chi connectivity index (χ0v) is 16.7. The molecule has 1 aliphatic heterocycles. The summed E-state index contributed by atoms with van der Waals surface area (Å²) in [5, 5.41) is 16.9. The highest BCUT2D eigenvalue weighted by Crippen LogP contribution is 2.36. The number of benzene rings is 3. The van der Waals surface area contributed by atoms with Crippen LogP contribution in [0.25, 0.3) is 0 Å². The largest absolute Gasteiger partial charge is 0.488 e. The van der Waals surface area contributed by atoms with E-state index in [1.165, 1.54) is 13.0 Å². The zero-order chi connectivity index (χ0) is 21.8. The Morgan fingerprint density at radius 3 is 2.48 bits per heavy atom. The van der Waals surface area contributed by atoms with Crippen molar-refractivity contribution in [3.8, 4) is 5.75 Å². The van der Waals surface area contributed by atoms with Crippen molar-refractivity contribution in [2.75, 3.05) is 0 Å². The van der Waals surface area contributed by atoms with Crippen molar-refractivity contribution >= 4 is 17.5 Å². The Morgan fingerprint density at radius 1 is 1.06 bits per heavy atom. The summed E-state index contributed by atoms with van der Waals surface area (Å²) in [7, 11) is 0. The van der Waals surface area contributed by atoms with Crippen LogP contribution in [0.15, 0.2) is 84.0 Å². The Balaban J connectivity index is 1.65. The Kier molecular flexibility index (Phi) is 5.61. The first-order valence-corrected chi connectivity index (χ1v) is 9.59. The zero-order valence-electron chi connectivity index (χ0n) is 16.7. The van der Waals surface area contributed by atoms with E-state index < -0.39 is 17.1 Å². The maximum Gasteiger partial charge on any atom is 0.278 e. The number of nitro benzene ring substituents is 1. The number of ether oxygens (including phenoxy) is 2. The number of hydrazone groups is 1. The number of rotatable bonds is 6. The second kappa shape index (κ2) is 8.66. The summed E-state index contributed by atoms with van der Waals surface area (Å²) >= 11 is 0. The minimum absolute atomic E-state index is 0.149. The fourth-order valence-corrected chi connectivity index (χ4v) is 3.24. The van der Waals surface area contributed by atoms with E-state index in [-0.39, 0.29) is 17.1 Å². The molecule has 1 aliphatic rings. The first-order chi connectivity index (χ1) is 15.0. The molecule has 8 nitrogen and oxygen atoms in total. The van der Waals surface area contributed by atoms with Crippen LogP contribution in [0.3, 0.4) is 0 Å². The molecule has 0 saturated heterocycles. The molecule has 3 aromatic rings. The van der Waals surface area contributed by atoms with Gasteiger partial charge in [-0.1, -0.05) is 54.6 Å². The van der Waals surface area contributed by atoms with Crippen LogP contribution in [0, 0.1) is 10.1 Å². The molecule has 4 rings (SSSR count). The van der Waals surface area contributed by atoms with E-state index in [0.717, 1.165) is 10.6 Å². The molecule has 31 heavy (non-hydrogen) atoms. The van der Waals surface area contributed by atoms with Crippen molar-refractivity contribution in [1.29, 1.82) is 0 Å². The number of hydrogen-bond donors (Lipinski definition) is 0. The first kappa shape index (κ1) is 20.1. The van der Waals surface area contributed by atoms with Gasteiger partial charge in [0.25, 0.3) is 5.69 Å². The summed E-state index contributed by atoms with van der Waals surface area (Å²) in [6.07, 6.45) is -1.05. The lowest BCUT2D eigenvalue weighted by molar-refractivity contribution is -0.386. The third kappa shape index (κ3) is 4.23. The quantitative estimate of drug-likeness (QED) is 0.437. The molecular formula is C23H19N3O5. The normalized spacial score (nSPS) is 15.2. The maximum absolute atomic E-state index is 12.2. The predicted molar refractivity (Wildman–Crippen MR) is 113 cm³/mol. The number of amides is 1. The second-order valence-electron chi connectivity index (χ2n) is 6.83. The minimum atomic E-state index is -1.05. The van der Waals surface area contributed by atoms with Gasteiger partial charge in [-0.25, -0.2) is 0 Å². The van der Waals surface area contributed by atoms with Gasteiger partial charge in [-0.2, -0.15) is 5.01 Å². The highest BCUT2D eigenvalue weighted by atomic mass is 16.6. The highest BCUT2D eigenvalue weighted by Gasteiger charge is 2.37. The lowest BCUT2D eigenvalue weighted by Gasteiger charge is -2.19. The molecule has 1 amide bonds. The van der Waals surface area contributed by atoms with Crippen LogP contribution >= 0.6 is 0 Å². The van der Waals surface area contributed by atoms with Crippen LogP contribution in [0.4, 0.5) is 5.69 Å². The number of para-hydroxylation sites is 2. The number of hydrogen-bond acceptors (Lipinski definition) is 6. The van der Waals surface area contributed by atoms with E-state index in [1.807, 2.05) is 36.4 Å². The van der Waals surface area contributed by atoms with Gasteiger partial charge in [0.1, 0.15) is 12.4 Å². The molecule has 1 atom stereocenters. The van der Waals surface area contributed by atoms with Gasteiger partial charge < -0.3 is 9.47 Å². The Bertz CT molecular complexity index is 1150. The number of nitrogens with zero attached hydrogens (tertiary/aromatic N) is 3. The van der Waals surface area contributed by atoms with Gasteiger partial charge in [0, 0.05) is 13.0 Å². The molecule has 8 heteroatoms. The number of nitro groups is 1. The van der Waals surface area contributed by atoms with Gasteiger partial charge in [0.05, 0.1) is 16.1 Å². The molecule has 0 radical (unpaired) electrons. The lowest BCUT2D eigenvalue weighted by Crippen LogP contribution is -2.25. The smallest absolute Gasteiger partial charge is 0.278 e. The van der Waals surface area contributed by atoms with E-state index in [1.54, 1.807) is 36.4 Å². The van der Waals surface area contributed by atoms with Crippen molar-refractivity contribution in [1.82, 2.24) is 5.01 Å². The van der Waals surface area contributed by atoms with Crippen molar-refractivity contribution < 1.29 is 19.2 Å². The van der Waals surface area contributed by atoms with E-state index in [2.05, 4.69) is 5.10 Å². The first-order valence-electron chi connectivity index (χ1n) is 9.59. The van der Waals surface area contributed by atoms with Crippen LogP contribution in [0.5, 0.6) is 5.75 Å². The molecule has 0 saturated carbocycles. The van der Waals surface area contributed by atoms with Crippen molar-refractivity contribution in [2.24, 2.45) is 5.10 Å². The standard InChI is InChI=1S/C23H19N3O5/c1-16(27)25-23(18-11-5-7-13-20(18)26(28)29)31-22(24-25)19-12-6-8-14-21(19)30-15-17-9-3-2-4-10-17/h2-14,23H,15H2,1H3. The average molecular weight is 417 g/mol. The molecule has 156 valence electrons. The van der Waals surface area contributed by atoms with Gasteiger partial charge in [-0.15, -0.1) is 5.10 Å². The third-order valence-electron chi connectivity index (χ3n) is 4.72. The monoisotopic (exact) mass is 417 g/mol. The third-order valence-corrected chi connectivity index (χ3v) is 4.72. The molecule has 0 spiro atoms.